The second-order valence-electron chi connectivity index (χ2n) is 8.12. The number of hydrogen-bond donors (Lipinski definition) is 0. The predicted molar refractivity (Wildman–Crippen MR) is 122 cm³/mol. The molecule has 0 N–H and O–H groups in total. The van der Waals surface area contributed by atoms with Crippen LogP contribution in [-0.4, -0.2) is 56.5 Å². The molecule has 7 nitrogen and oxygen atoms in total. The first-order valence-corrected chi connectivity index (χ1v) is 10.9. The third-order valence-electron chi connectivity index (χ3n) is 5.96. The third-order valence-corrected chi connectivity index (χ3v) is 5.96. The number of aromatic nitrogens is 4. The molecule has 1 fully saturated rings. The van der Waals surface area contributed by atoms with Gasteiger partial charge in [0.15, 0.2) is 0 Å². The van der Waals surface area contributed by atoms with Gasteiger partial charge in [0, 0.05) is 44.4 Å². The minimum Gasteiger partial charge on any atom is -0.353 e. The van der Waals surface area contributed by atoms with Crippen molar-refractivity contribution >= 4 is 11.7 Å². The smallest absolute Gasteiger partial charge is 0.222 e. The van der Waals surface area contributed by atoms with E-state index in [9.17, 15) is 4.79 Å². The van der Waals surface area contributed by atoms with Gasteiger partial charge in [-0.3, -0.25) is 9.36 Å². The van der Waals surface area contributed by atoms with Crippen LogP contribution in [0.3, 0.4) is 0 Å². The summed E-state index contributed by atoms with van der Waals surface area (Å²) in [7, 11) is 0. The van der Waals surface area contributed by atoms with E-state index in [0.717, 1.165) is 67.9 Å². The van der Waals surface area contributed by atoms with E-state index in [1.54, 1.807) is 0 Å². The van der Waals surface area contributed by atoms with Crippen molar-refractivity contribution in [1.29, 1.82) is 0 Å². The lowest BCUT2D eigenvalue weighted by molar-refractivity contribution is -0.131. The lowest BCUT2D eigenvalue weighted by Crippen LogP contribution is -2.49. The van der Waals surface area contributed by atoms with Gasteiger partial charge in [0.2, 0.25) is 5.91 Å². The quantitative estimate of drug-likeness (QED) is 0.615. The molecular formula is C24H30N6O. The number of piperazine rings is 1. The molecule has 3 aromatic rings. The van der Waals surface area contributed by atoms with Crippen LogP contribution in [0.5, 0.6) is 0 Å². The minimum absolute atomic E-state index is 0.250. The molecule has 1 aromatic carbocycles. The molecule has 1 saturated heterocycles. The summed E-state index contributed by atoms with van der Waals surface area (Å²) in [6.45, 7) is 8.97. The van der Waals surface area contributed by atoms with Crippen molar-refractivity contribution in [3.8, 4) is 5.82 Å². The summed E-state index contributed by atoms with van der Waals surface area (Å²) in [6, 6.07) is 12.4. The van der Waals surface area contributed by atoms with Gasteiger partial charge in [0.1, 0.15) is 23.8 Å². The van der Waals surface area contributed by atoms with Gasteiger partial charge in [0.25, 0.3) is 0 Å². The Morgan fingerprint density at radius 2 is 1.68 bits per heavy atom. The van der Waals surface area contributed by atoms with Crippen molar-refractivity contribution < 1.29 is 4.79 Å². The number of nitrogens with zero attached hydrogens (tertiary/aromatic N) is 6. The van der Waals surface area contributed by atoms with Crippen molar-refractivity contribution in [3.05, 3.63) is 65.5 Å². The van der Waals surface area contributed by atoms with Crippen molar-refractivity contribution in [2.24, 2.45) is 0 Å². The Hall–Kier alpha value is -3.22. The summed E-state index contributed by atoms with van der Waals surface area (Å²) in [5.74, 6) is 2.72. The fourth-order valence-corrected chi connectivity index (χ4v) is 3.98. The van der Waals surface area contributed by atoms with E-state index in [1.807, 2.05) is 60.8 Å². The number of rotatable bonds is 6. The number of hydrogen-bond acceptors (Lipinski definition) is 5. The van der Waals surface area contributed by atoms with E-state index in [1.165, 1.54) is 5.56 Å². The normalized spacial score (nSPS) is 14.2. The number of benzene rings is 1. The minimum atomic E-state index is 0.250. The third kappa shape index (κ3) is 4.93. The predicted octanol–water partition coefficient (Wildman–Crippen LogP) is 3.26. The zero-order valence-corrected chi connectivity index (χ0v) is 18.6. The summed E-state index contributed by atoms with van der Waals surface area (Å²) < 4.78 is 2.00. The molecule has 0 bridgehead atoms. The summed E-state index contributed by atoms with van der Waals surface area (Å²) in [4.78, 5) is 30.5. The molecule has 0 unspecified atom stereocenters. The van der Waals surface area contributed by atoms with Gasteiger partial charge in [-0.15, -0.1) is 0 Å². The molecule has 0 radical (unpaired) electrons. The molecule has 0 spiro atoms. The molecule has 0 atom stereocenters. The van der Waals surface area contributed by atoms with Crippen LogP contribution in [0.25, 0.3) is 5.82 Å². The fraction of sp³-hybridized carbons (Fsp3) is 0.417. The molecule has 1 amide bonds. The van der Waals surface area contributed by atoms with E-state index in [4.69, 9.17) is 0 Å². The molecule has 3 heterocycles. The lowest BCUT2D eigenvalue weighted by atomic mass is 10.1. The Bertz CT molecular complexity index is 1040. The molecule has 7 heteroatoms. The van der Waals surface area contributed by atoms with Crippen LogP contribution < -0.4 is 4.90 Å². The van der Waals surface area contributed by atoms with Gasteiger partial charge in [-0.25, -0.2) is 15.0 Å². The SMILES string of the molecule is Cc1nc(N2CCN(C(=O)CCCc3ccccc3)CC2)cc(-n2cnc(C)c2C)n1. The van der Waals surface area contributed by atoms with Crippen LogP contribution in [0.1, 0.15) is 35.6 Å². The summed E-state index contributed by atoms with van der Waals surface area (Å²) in [5, 5.41) is 0. The van der Waals surface area contributed by atoms with Crippen LogP contribution >= 0.6 is 0 Å². The second-order valence-corrected chi connectivity index (χ2v) is 8.12. The topological polar surface area (TPSA) is 67.2 Å². The van der Waals surface area contributed by atoms with Crippen molar-refractivity contribution in [2.45, 2.75) is 40.0 Å². The maximum atomic E-state index is 12.6. The van der Waals surface area contributed by atoms with Crippen molar-refractivity contribution in [1.82, 2.24) is 24.4 Å². The maximum absolute atomic E-state index is 12.6. The second kappa shape index (κ2) is 9.29. The van der Waals surface area contributed by atoms with Gasteiger partial charge in [-0.1, -0.05) is 30.3 Å². The summed E-state index contributed by atoms with van der Waals surface area (Å²) in [6.07, 6.45) is 4.25. The Morgan fingerprint density at radius 1 is 0.968 bits per heavy atom. The average molecular weight is 419 g/mol. The molecule has 4 rings (SSSR count). The van der Waals surface area contributed by atoms with Crippen LogP contribution in [0.4, 0.5) is 5.82 Å². The highest BCUT2D eigenvalue weighted by molar-refractivity contribution is 5.76. The van der Waals surface area contributed by atoms with Gasteiger partial charge in [-0.2, -0.15) is 0 Å². The number of anilines is 1. The number of imidazole rings is 1. The molecule has 162 valence electrons. The molecule has 31 heavy (non-hydrogen) atoms. The first-order chi connectivity index (χ1) is 15.0. The Morgan fingerprint density at radius 3 is 2.35 bits per heavy atom. The standard InChI is InChI=1S/C24H30N6O/c1-18-19(2)30(17-25-18)23-16-22(26-20(3)27-23)28-12-14-29(15-13-28)24(31)11-7-10-21-8-5-4-6-9-21/h4-6,8-9,16-17H,7,10-15H2,1-3H3. The zero-order valence-electron chi connectivity index (χ0n) is 18.6. The van der Waals surface area contributed by atoms with Crippen LogP contribution in [0.15, 0.2) is 42.7 Å². The van der Waals surface area contributed by atoms with E-state index < -0.39 is 0 Å². The number of carbonyl (C=O) groups is 1. The number of amides is 1. The first-order valence-electron chi connectivity index (χ1n) is 10.9. The molecule has 0 aliphatic carbocycles. The van der Waals surface area contributed by atoms with Gasteiger partial charge in [-0.05, 0) is 39.2 Å². The fourth-order valence-electron chi connectivity index (χ4n) is 3.98. The van der Waals surface area contributed by atoms with E-state index >= 15 is 0 Å². The average Bonchev–Trinajstić information content (AvgIpc) is 3.12. The summed E-state index contributed by atoms with van der Waals surface area (Å²) in [5.41, 5.74) is 3.37. The number of aryl methyl sites for hydroxylation is 3. The summed E-state index contributed by atoms with van der Waals surface area (Å²) >= 11 is 0. The number of carbonyl (C=O) groups excluding carboxylic acids is 1. The highest BCUT2D eigenvalue weighted by Crippen LogP contribution is 2.20. The molecule has 2 aromatic heterocycles. The van der Waals surface area contributed by atoms with E-state index in [-0.39, 0.29) is 5.91 Å². The molecular weight excluding hydrogens is 388 g/mol. The lowest BCUT2D eigenvalue weighted by Gasteiger charge is -2.35. The van der Waals surface area contributed by atoms with Gasteiger partial charge < -0.3 is 9.80 Å². The zero-order chi connectivity index (χ0) is 21.8. The molecule has 0 saturated carbocycles. The highest BCUT2D eigenvalue weighted by Gasteiger charge is 2.22. The largest absolute Gasteiger partial charge is 0.353 e. The van der Waals surface area contributed by atoms with Crippen molar-refractivity contribution in [3.63, 3.8) is 0 Å². The maximum Gasteiger partial charge on any atom is 0.222 e. The molecule has 1 aliphatic heterocycles. The highest BCUT2D eigenvalue weighted by atomic mass is 16.2. The Kier molecular flexibility index (Phi) is 6.30. The van der Waals surface area contributed by atoms with Crippen LogP contribution in [-0.2, 0) is 11.2 Å². The molecule has 1 aliphatic rings. The Labute approximate surface area is 183 Å². The Balaban J connectivity index is 1.34. The van der Waals surface area contributed by atoms with Crippen LogP contribution in [0.2, 0.25) is 0 Å². The van der Waals surface area contributed by atoms with E-state index in [0.29, 0.717) is 6.42 Å². The van der Waals surface area contributed by atoms with Gasteiger partial charge in [0.05, 0.1) is 5.69 Å². The van der Waals surface area contributed by atoms with Crippen LogP contribution in [0, 0.1) is 20.8 Å². The van der Waals surface area contributed by atoms with E-state index in [2.05, 4.69) is 32.0 Å². The first kappa shape index (κ1) is 21.0. The van der Waals surface area contributed by atoms with Crippen molar-refractivity contribution in [2.75, 3.05) is 31.1 Å². The van der Waals surface area contributed by atoms with Gasteiger partial charge >= 0.3 is 0 Å². The monoisotopic (exact) mass is 418 g/mol.